The van der Waals surface area contributed by atoms with Gasteiger partial charge in [-0.15, -0.1) is 0 Å². The van der Waals surface area contributed by atoms with Crippen LogP contribution < -0.4 is 16.0 Å². The normalized spacial score (nSPS) is 10.5. The fourth-order valence-electron chi connectivity index (χ4n) is 3.02. The number of halogens is 1. The van der Waals surface area contributed by atoms with Crippen LogP contribution in [0.25, 0.3) is 11.1 Å². The molecule has 4 rings (SSSR count). The largest absolute Gasteiger partial charge is 0.508 e. The minimum absolute atomic E-state index is 0.0999. The summed E-state index contributed by atoms with van der Waals surface area (Å²) < 4.78 is 16.2. The lowest BCUT2D eigenvalue weighted by Crippen LogP contribution is -2.08. The van der Waals surface area contributed by atoms with Gasteiger partial charge in [0.2, 0.25) is 11.9 Å². The van der Waals surface area contributed by atoms with Crippen molar-refractivity contribution in [1.82, 2.24) is 19.7 Å². The summed E-state index contributed by atoms with van der Waals surface area (Å²) in [6.07, 6.45) is 6.09. The average molecular weight is 445 g/mol. The maximum Gasteiger partial charge on any atom is 0.247 e. The van der Waals surface area contributed by atoms with Crippen LogP contribution in [0.3, 0.4) is 0 Å². The van der Waals surface area contributed by atoms with Gasteiger partial charge < -0.3 is 21.1 Å². The van der Waals surface area contributed by atoms with Crippen LogP contribution >= 0.6 is 0 Å². The van der Waals surface area contributed by atoms with E-state index in [1.54, 1.807) is 42.5 Å². The van der Waals surface area contributed by atoms with Crippen LogP contribution in [-0.4, -0.2) is 30.8 Å². The Balaban J connectivity index is 1.73. The van der Waals surface area contributed by atoms with Crippen LogP contribution in [0, 0.1) is 5.82 Å². The molecule has 0 saturated heterocycles. The maximum absolute atomic E-state index is 14.6. The molecule has 2 heterocycles. The molecule has 0 aliphatic carbocycles. The summed E-state index contributed by atoms with van der Waals surface area (Å²) in [7, 11) is 1.79. The second-order valence-electron chi connectivity index (χ2n) is 7.04. The number of aromatic hydroxyl groups is 1. The molecule has 10 heteroatoms. The maximum atomic E-state index is 14.6. The fourth-order valence-corrected chi connectivity index (χ4v) is 3.02. The van der Waals surface area contributed by atoms with Crippen molar-refractivity contribution < 1.29 is 14.3 Å². The first-order valence-corrected chi connectivity index (χ1v) is 9.83. The fraction of sp³-hybridized carbons (Fsp3) is 0.0435. The van der Waals surface area contributed by atoms with E-state index in [1.165, 1.54) is 30.3 Å². The lowest BCUT2D eigenvalue weighted by Gasteiger charge is -2.14. The van der Waals surface area contributed by atoms with Gasteiger partial charge in [0.1, 0.15) is 17.4 Å². The van der Waals surface area contributed by atoms with Crippen molar-refractivity contribution >= 4 is 34.7 Å². The average Bonchev–Trinajstić information content (AvgIpc) is 3.21. The van der Waals surface area contributed by atoms with Crippen molar-refractivity contribution in [2.45, 2.75) is 0 Å². The lowest BCUT2D eigenvalue weighted by molar-refractivity contribution is -0.111. The van der Waals surface area contributed by atoms with Gasteiger partial charge in [0, 0.05) is 30.7 Å². The molecule has 0 aliphatic rings. The molecule has 166 valence electrons. The number of anilines is 5. The molecule has 4 N–H and O–H groups in total. The molecule has 0 fully saturated rings. The first kappa shape index (κ1) is 21.5. The molecule has 9 nitrogen and oxygen atoms in total. The van der Waals surface area contributed by atoms with Crippen LogP contribution in [0.15, 0.2) is 73.7 Å². The van der Waals surface area contributed by atoms with Gasteiger partial charge in [-0.3, -0.25) is 9.48 Å². The Bertz CT molecular complexity index is 1320. The first-order valence-electron chi connectivity index (χ1n) is 9.83. The zero-order valence-electron chi connectivity index (χ0n) is 17.6. The number of carbonyl (C=O) groups is 1. The molecule has 0 atom stereocenters. The number of hydrogen-bond donors (Lipinski definition) is 4. The SMILES string of the molecule is C=CC(=O)Nc1ccc(F)c(Nc2nc(Nc3cnn(C)c3)ncc2-c2ccc(O)cc2)c1. The van der Waals surface area contributed by atoms with Gasteiger partial charge >= 0.3 is 0 Å². The number of phenolic OH excluding ortho intramolecular Hbond substituents is 1. The first-order chi connectivity index (χ1) is 15.9. The highest BCUT2D eigenvalue weighted by Gasteiger charge is 2.14. The molecule has 2 aromatic heterocycles. The van der Waals surface area contributed by atoms with Crippen LogP contribution in [0.1, 0.15) is 0 Å². The molecule has 33 heavy (non-hydrogen) atoms. The molecular weight excluding hydrogens is 425 g/mol. The van der Waals surface area contributed by atoms with Crippen LogP contribution in [0.4, 0.5) is 33.2 Å². The molecule has 0 unspecified atom stereocenters. The zero-order chi connectivity index (χ0) is 23.4. The van der Waals surface area contributed by atoms with E-state index in [0.717, 1.165) is 6.08 Å². The number of aromatic nitrogens is 4. The number of benzene rings is 2. The van der Waals surface area contributed by atoms with Gasteiger partial charge in [0.05, 0.1) is 17.6 Å². The molecule has 2 aromatic carbocycles. The second-order valence-corrected chi connectivity index (χ2v) is 7.04. The number of amides is 1. The van der Waals surface area contributed by atoms with Crippen molar-refractivity contribution in [2.75, 3.05) is 16.0 Å². The van der Waals surface area contributed by atoms with E-state index in [4.69, 9.17) is 0 Å². The van der Waals surface area contributed by atoms with Crippen LogP contribution in [0.5, 0.6) is 5.75 Å². The third-order valence-electron chi connectivity index (χ3n) is 4.60. The standard InChI is InChI=1S/C23H20FN7O2/c1-3-21(33)27-15-6-9-19(24)20(10-15)29-22-18(14-4-7-17(32)8-5-14)12-25-23(30-22)28-16-11-26-31(2)13-16/h3-13,32H,1H2,2H3,(H,27,33)(H2,25,28,29,30). The predicted octanol–water partition coefficient (Wildman–Crippen LogP) is 4.33. The molecular formula is C23H20FN7O2. The Hall–Kier alpha value is -4.73. The Kier molecular flexibility index (Phi) is 5.98. The van der Waals surface area contributed by atoms with Crippen molar-refractivity contribution in [3.05, 3.63) is 79.5 Å². The van der Waals surface area contributed by atoms with E-state index in [0.29, 0.717) is 28.3 Å². The van der Waals surface area contributed by atoms with Gasteiger partial charge in [0.25, 0.3) is 0 Å². The summed E-state index contributed by atoms with van der Waals surface area (Å²) in [5, 5.41) is 22.4. The highest BCUT2D eigenvalue weighted by atomic mass is 19.1. The van der Waals surface area contributed by atoms with Crippen LogP contribution in [0.2, 0.25) is 0 Å². The monoisotopic (exact) mass is 445 g/mol. The van der Waals surface area contributed by atoms with Gasteiger partial charge in [-0.25, -0.2) is 9.37 Å². The number of carbonyl (C=O) groups excluding carboxylic acids is 1. The molecule has 0 radical (unpaired) electrons. The predicted molar refractivity (Wildman–Crippen MR) is 124 cm³/mol. The van der Waals surface area contributed by atoms with E-state index < -0.39 is 11.7 Å². The van der Waals surface area contributed by atoms with Gasteiger partial charge in [-0.05, 0) is 42.0 Å². The van der Waals surface area contributed by atoms with Crippen molar-refractivity contribution in [3.63, 3.8) is 0 Å². The van der Waals surface area contributed by atoms with E-state index in [9.17, 15) is 14.3 Å². The smallest absolute Gasteiger partial charge is 0.247 e. The van der Waals surface area contributed by atoms with E-state index >= 15 is 0 Å². The topological polar surface area (TPSA) is 117 Å². The Labute approximate surface area is 188 Å². The Morgan fingerprint density at radius 2 is 1.91 bits per heavy atom. The lowest BCUT2D eigenvalue weighted by atomic mass is 10.1. The third-order valence-corrected chi connectivity index (χ3v) is 4.60. The molecule has 1 amide bonds. The van der Waals surface area contributed by atoms with Crippen molar-refractivity contribution in [2.24, 2.45) is 7.05 Å². The second kappa shape index (κ2) is 9.18. The van der Waals surface area contributed by atoms with Gasteiger partial charge in [-0.2, -0.15) is 10.1 Å². The molecule has 4 aromatic rings. The zero-order valence-corrected chi connectivity index (χ0v) is 17.6. The quantitative estimate of drug-likeness (QED) is 0.313. The number of rotatable bonds is 7. The number of nitrogens with one attached hydrogen (secondary N) is 3. The Morgan fingerprint density at radius 3 is 2.61 bits per heavy atom. The summed E-state index contributed by atoms with van der Waals surface area (Å²) in [5.74, 6) is -0.260. The summed E-state index contributed by atoms with van der Waals surface area (Å²) >= 11 is 0. The Morgan fingerprint density at radius 1 is 1.12 bits per heavy atom. The summed E-state index contributed by atoms with van der Waals surface area (Å²) in [6.45, 7) is 3.41. The van der Waals surface area contributed by atoms with Crippen molar-refractivity contribution in [3.8, 4) is 16.9 Å². The summed E-state index contributed by atoms with van der Waals surface area (Å²) in [5.41, 5.74) is 2.45. The highest BCUT2D eigenvalue weighted by molar-refractivity contribution is 5.99. The molecule has 0 saturated carbocycles. The minimum atomic E-state index is -0.538. The van der Waals surface area contributed by atoms with Gasteiger partial charge in [-0.1, -0.05) is 18.7 Å². The van der Waals surface area contributed by atoms with Gasteiger partial charge in [0.15, 0.2) is 0 Å². The third kappa shape index (κ3) is 5.13. The molecule has 0 spiro atoms. The summed E-state index contributed by atoms with van der Waals surface area (Å²) in [6, 6.07) is 10.6. The van der Waals surface area contributed by atoms with E-state index in [-0.39, 0.29) is 17.4 Å². The number of aryl methyl sites for hydroxylation is 1. The van der Waals surface area contributed by atoms with E-state index in [1.807, 2.05) is 0 Å². The number of hydrogen-bond acceptors (Lipinski definition) is 7. The molecule has 0 bridgehead atoms. The highest BCUT2D eigenvalue weighted by Crippen LogP contribution is 2.32. The number of phenols is 1. The summed E-state index contributed by atoms with van der Waals surface area (Å²) in [4.78, 5) is 20.5. The minimum Gasteiger partial charge on any atom is -0.508 e. The molecule has 0 aliphatic heterocycles. The van der Waals surface area contributed by atoms with E-state index in [2.05, 4.69) is 37.6 Å². The van der Waals surface area contributed by atoms with Crippen LogP contribution in [-0.2, 0) is 11.8 Å². The number of nitrogens with zero attached hydrogens (tertiary/aromatic N) is 4. The van der Waals surface area contributed by atoms with Crippen molar-refractivity contribution in [1.29, 1.82) is 0 Å².